The number of anilines is 1. The Labute approximate surface area is 159 Å². The van der Waals surface area contributed by atoms with Gasteiger partial charge in [0.2, 0.25) is 0 Å². The van der Waals surface area contributed by atoms with Crippen LogP contribution < -0.4 is 10.9 Å². The zero-order chi connectivity index (χ0) is 18.5. The van der Waals surface area contributed by atoms with Crippen LogP contribution in [0.1, 0.15) is 21.6 Å². The Balaban J connectivity index is 1.61. The Morgan fingerprint density at radius 3 is 2.50 bits per heavy atom. The van der Waals surface area contributed by atoms with Gasteiger partial charge in [-0.15, -0.1) is 0 Å². The van der Waals surface area contributed by atoms with Gasteiger partial charge in [-0.2, -0.15) is 0 Å². The molecular weight excluding hydrogens is 370 g/mol. The number of aromatic amines is 1. The van der Waals surface area contributed by atoms with Gasteiger partial charge >= 0.3 is 0 Å². The van der Waals surface area contributed by atoms with Gasteiger partial charge in [-0.3, -0.25) is 9.59 Å². The Bertz CT molecular complexity index is 969. The van der Waals surface area contributed by atoms with E-state index in [0.29, 0.717) is 32.9 Å². The van der Waals surface area contributed by atoms with E-state index in [1.807, 2.05) is 12.1 Å². The molecule has 3 rings (SSSR count). The van der Waals surface area contributed by atoms with E-state index in [0.717, 1.165) is 5.56 Å². The van der Waals surface area contributed by atoms with E-state index in [1.165, 1.54) is 17.8 Å². The van der Waals surface area contributed by atoms with E-state index in [-0.39, 0.29) is 11.5 Å². The van der Waals surface area contributed by atoms with Crippen LogP contribution in [0.3, 0.4) is 0 Å². The number of aromatic nitrogens is 2. The van der Waals surface area contributed by atoms with Crippen LogP contribution in [0, 0.1) is 6.92 Å². The van der Waals surface area contributed by atoms with Crippen molar-refractivity contribution in [1.82, 2.24) is 9.97 Å². The van der Waals surface area contributed by atoms with Crippen LogP contribution in [0.5, 0.6) is 0 Å². The summed E-state index contributed by atoms with van der Waals surface area (Å²) in [5.74, 6) is 0.460. The first-order valence-corrected chi connectivity index (χ1v) is 9.22. The predicted octanol–water partition coefficient (Wildman–Crippen LogP) is 4.28. The van der Waals surface area contributed by atoms with Crippen molar-refractivity contribution in [3.05, 3.63) is 86.8 Å². The normalized spacial score (nSPS) is 10.5. The maximum Gasteiger partial charge on any atom is 0.255 e. The minimum atomic E-state index is -0.184. The highest BCUT2D eigenvalue weighted by Gasteiger charge is 2.07. The number of hydrogen-bond donors (Lipinski definition) is 2. The number of carbonyl (C=O) groups is 1. The second-order valence-electron chi connectivity index (χ2n) is 5.64. The third kappa shape index (κ3) is 4.97. The number of aryl methyl sites for hydroxylation is 1. The maximum atomic E-state index is 12.3. The van der Waals surface area contributed by atoms with Crippen molar-refractivity contribution < 1.29 is 4.79 Å². The summed E-state index contributed by atoms with van der Waals surface area (Å²) in [7, 11) is 0. The SMILES string of the molecule is Cc1cc(=O)[nH]c(SCc2ccc(C(=O)Nc3ccc(Cl)cc3)cc2)n1. The minimum Gasteiger partial charge on any atom is -0.322 e. The van der Waals surface area contributed by atoms with E-state index >= 15 is 0 Å². The third-order valence-electron chi connectivity index (χ3n) is 3.54. The van der Waals surface area contributed by atoms with Crippen molar-refractivity contribution in [2.75, 3.05) is 5.32 Å². The van der Waals surface area contributed by atoms with Gasteiger partial charge in [-0.1, -0.05) is 35.5 Å². The average molecular weight is 386 g/mol. The van der Waals surface area contributed by atoms with Gasteiger partial charge in [0, 0.05) is 33.8 Å². The zero-order valence-electron chi connectivity index (χ0n) is 14.0. The fourth-order valence-electron chi connectivity index (χ4n) is 2.26. The highest BCUT2D eigenvalue weighted by Crippen LogP contribution is 2.19. The summed E-state index contributed by atoms with van der Waals surface area (Å²) in [5.41, 5.74) is 2.81. The Kier molecular flexibility index (Phi) is 5.75. The van der Waals surface area contributed by atoms with Crippen LogP contribution >= 0.6 is 23.4 Å². The third-order valence-corrected chi connectivity index (χ3v) is 4.74. The number of hydrogen-bond acceptors (Lipinski definition) is 4. The van der Waals surface area contributed by atoms with Crippen molar-refractivity contribution in [2.45, 2.75) is 17.8 Å². The maximum absolute atomic E-state index is 12.3. The van der Waals surface area contributed by atoms with Gasteiger partial charge in [0.1, 0.15) is 0 Å². The first-order valence-electron chi connectivity index (χ1n) is 7.86. The van der Waals surface area contributed by atoms with Gasteiger partial charge in [-0.05, 0) is 48.9 Å². The second-order valence-corrected chi connectivity index (χ2v) is 7.04. The summed E-state index contributed by atoms with van der Waals surface area (Å²) in [5, 5.41) is 4.03. The van der Waals surface area contributed by atoms with Gasteiger partial charge in [-0.25, -0.2) is 4.98 Å². The first kappa shape index (κ1) is 18.2. The molecule has 132 valence electrons. The van der Waals surface area contributed by atoms with Crippen molar-refractivity contribution in [2.24, 2.45) is 0 Å². The van der Waals surface area contributed by atoms with E-state index in [2.05, 4.69) is 15.3 Å². The molecule has 26 heavy (non-hydrogen) atoms. The van der Waals surface area contributed by atoms with Crippen LogP contribution in [-0.2, 0) is 5.75 Å². The van der Waals surface area contributed by atoms with E-state index in [9.17, 15) is 9.59 Å². The number of halogens is 1. The molecule has 0 saturated heterocycles. The van der Waals surface area contributed by atoms with Crippen molar-refractivity contribution in [1.29, 1.82) is 0 Å². The minimum absolute atomic E-state index is 0.158. The first-order chi connectivity index (χ1) is 12.5. The molecule has 1 amide bonds. The van der Waals surface area contributed by atoms with Crippen LogP contribution in [0.4, 0.5) is 5.69 Å². The highest BCUT2D eigenvalue weighted by molar-refractivity contribution is 7.98. The molecule has 3 aromatic rings. The smallest absolute Gasteiger partial charge is 0.255 e. The van der Waals surface area contributed by atoms with Crippen molar-refractivity contribution in [3.8, 4) is 0 Å². The van der Waals surface area contributed by atoms with Gasteiger partial charge in [0.25, 0.3) is 11.5 Å². The second kappa shape index (κ2) is 8.21. The molecule has 7 heteroatoms. The molecule has 5 nitrogen and oxygen atoms in total. The lowest BCUT2D eigenvalue weighted by atomic mass is 10.1. The number of nitrogens with zero attached hydrogens (tertiary/aromatic N) is 1. The lowest BCUT2D eigenvalue weighted by Gasteiger charge is -2.07. The molecule has 2 aromatic carbocycles. The summed E-state index contributed by atoms with van der Waals surface area (Å²) in [4.78, 5) is 30.7. The summed E-state index contributed by atoms with van der Waals surface area (Å²) in [6, 6.07) is 15.7. The molecule has 0 spiro atoms. The quantitative estimate of drug-likeness (QED) is 0.508. The molecule has 0 aliphatic carbocycles. The molecule has 0 radical (unpaired) electrons. The number of rotatable bonds is 5. The largest absolute Gasteiger partial charge is 0.322 e. The molecule has 0 saturated carbocycles. The molecule has 1 heterocycles. The van der Waals surface area contributed by atoms with Gasteiger partial charge in [0.15, 0.2) is 5.16 Å². The number of benzene rings is 2. The summed E-state index contributed by atoms with van der Waals surface area (Å²) in [6.07, 6.45) is 0. The van der Waals surface area contributed by atoms with E-state index < -0.39 is 0 Å². The highest BCUT2D eigenvalue weighted by atomic mass is 35.5. The number of amides is 1. The number of carbonyl (C=O) groups excluding carboxylic acids is 1. The molecule has 2 N–H and O–H groups in total. The molecule has 0 bridgehead atoms. The van der Waals surface area contributed by atoms with Gasteiger partial charge < -0.3 is 10.3 Å². The number of nitrogens with one attached hydrogen (secondary N) is 2. The van der Waals surface area contributed by atoms with E-state index in [4.69, 9.17) is 11.6 Å². The fraction of sp³-hybridized carbons (Fsp3) is 0.105. The van der Waals surface area contributed by atoms with Crippen LogP contribution in [0.25, 0.3) is 0 Å². The lowest BCUT2D eigenvalue weighted by molar-refractivity contribution is 0.102. The standard InChI is InChI=1S/C19H16ClN3O2S/c1-12-10-17(24)23-19(21-12)26-11-13-2-4-14(5-3-13)18(25)22-16-8-6-15(20)7-9-16/h2-10H,11H2,1H3,(H,22,25)(H,21,23,24). The Morgan fingerprint density at radius 2 is 1.85 bits per heavy atom. The number of thioether (sulfide) groups is 1. The molecule has 0 atom stereocenters. The van der Waals surface area contributed by atoms with Crippen LogP contribution in [-0.4, -0.2) is 15.9 Å². The van der Waals surface area contributed by atoms with E-state index in [1.54, 1.807) is 43.3 Å². The summed E-state index contributed by atoms with van der Waals surface area (Å²) >= 11 is 7.28. The van der Waals surface area contributed by atoms with Crippen molar-refractivity contribution in [3.63, 3.8) is 0 Å². The molecule has 0 aliphatic heterocycles. The fourth-order valence-corrected chi connectivity index (χ4v) is 3.26. The van der Waals surface area contributed by atoms with Crippen molar-refractivity contribution >= 4 is 35.0 Å². The number of H-pyrrole nitrogens is 1. The Morgan fingerprint density at radius 1 is 1.15 bits per heavy atom. The van der Waals surface area contributed by atoms with Crippen LogP contribution in [0.15, 0.2) is 64.5 Å². The topological polar surface area (TPSA) is 74.8 Å². The van der Waals surface area contributed by atoms with Gasteiger partial charge in [0.05, 0.1) is 0 Å². The Hall–Kier alpha value is -2.57. The molecule has 1 aromatic heterocycles. The van der Waals surface area contributed by atoms with Crippen LogP contribution in [0.2, 0.25) is 5.02 Å². The summed E-state index contributed by atoms with van der Waals surface area (Å²) in [6.45, 7) is 1.79. The monoisotopic (exact) mass is 385 g/mol. The molecule has 0 aliphatic rings. The summed E-state index contributed by atoms with van der Waals surface area (Å²) < 4.78 is 0. The zero-order valence-corrected chi connectivity index (χ0v) is 15.5. The lowest BCUT2D eigenvalue weighted by Crippen LogP contribution is -2.11. The molecule has 0 fully saturated rings. The molecule has 0 unspecified atom stereocenters. The molecular formula is C19H16ClN3O2S. The predicted molar refractivity (Wildman–Crippen MR) is 105 cm³/mol. The average Bonchev–Trinajstić information content (AvgIpc) is 2.61.